The first-order valence-corrected chi connectivity index (χ1v) is 6.51. The van der Waals surface area contributed by atoms with Crippen LogP contribution in [0.15, 0.2) is 0 Å². The first-order chi connectivity index (χ1) is 8.59. The standard InChI is InChI=1S/C13H23NO5/c1-9-7-8-14(13(4,18)12(9,2)3)19-11(17)6-5-10(15)16/h9,18H,5-8H2,1-4H3,(H,15,16). The lowest BCUT2D eigenvalue weighted by atomic mass is 9.68. The van der Waals surface area contributed by atoms with Crippen molar-refractivity contribution in [3.63, 3.8) is 0 Å². The van der Waals surface area contributed by atoms with E-state index >= 15 is 0 Å². The number of rotatable bonds is 4. The summed E-state index contributed by atoms with van der Waals surface area (Å²) in [6.07, 6.45) is 0.335. The lowest BCUT2D eigenvalue weighted by Gasteiger charge is -2.52. The van der Waals surface area contributed by atoms with E-state index in [-0.39, 0.29) is 18.8 Å². The Labute approximate surface area is 113 Å². The van der Waals surface area contributed by atoms with Crippen molar-refractivity contribution in [1.29, 1.82) is 0 Å². The molecule has 0 aromatic rings. The van der Waals surface area contributed by atoms with Gasteiger partial charge in [-0.3, -0.25) is 9.59 Å². The normalized spacial score (nSPS) is 30.9. The molecule has 0 aliphatic carbocycles. The van der Waals surface area contributed by atoms with Gasteiger partial charge in [-0.1, -0.05) is 20.8 Å². The van der Waals surface area contributed by atoms with Gasteiger partial charge in [-0.05, 0) is 19.3 Å². The van der Waals surface area contributed by atoms with Gasteiger partial charge in [-0.2, -0.15) is 0 Å². The number of hydrogen-bond acceptors (Lipinski definition) is 5. The molecular formula is C13H23NO5. The number of carbonyl (C=O) groups excluding carboxylic acids is 1. The summed E-state index contributed by atoms with van der Waals surface area (Å²) in [5, 5.41) is 20.4. The summed E-state index contributed by atoms with van der Waals surface area (Å²) in [5.41, 5.74) is -1.71. The van der Waals surface area contributed by atoms with Crippen LogP contribution in [0.5, 0.6) is 0 Å². The van der Waals surface area contributed by atoms with Gasteiger partial charge in [0, 0.05) is 12.0 Å². The molecule has 1 saturated heterocycles. The Morgan fingerprint density at radius 2 is 1.89 bits per heavy atom. The Kier molecular flexibility index (Phi) is 4.58. The monoisotopic (exact) mass is 273 g/mol. The van der Waals surface area contributed by atoms with Crippen LogP contribution in [0, 0.1) is 11.3 Å². The number of carbonyl (C=O) groups is 2. The smallest absolute Gasteiger partial charge is 0.325 e. The molecule has 0 aromatic carbocycles. The molecule has 2 unspecified atom stereocenters. The Morgan fingerprint density at radius 3 is 2.42 bits per heavy atom. The van der Waals surface area contributed by atoms with Crippen LogP contribution in [-0.4, -0.2) is 39.5 Å². The van der Waals surface area contributed by atoms with Gasteiger partial charge in [-0.25, -0.2) is 0 Å². The maximum atomic E-state index is 11.6. The predicted octanol–water partition coefficient (Wildman–Crippen LogP) is 1.39. The minimum absolute atomic E-state index is 0.197. The van der Waals surface area contributed by atoms with Crippen LogP contribution < -0.4 is 0 Å². The Bertz CT molecular complexity index is 364. The van der Waals surface area contributed by atoms with Crippen molar-refractivity contribution < 1.29 is 24.6 Å². The number of aliphatic hydroxyl groups is 1. The van der Waals surface area contributed by atoms with Crippen LogP contribution >= 0.6 is 0 Å². The van der Waals surface area contributed by atoms with Gasteiger partial charge in [0.1, 0.15) is 0 Å². The average Bonchev–Trinajstić information content (AvgIpc) is 2.29. The van der Waals surface area contributed by atoms with Gasteiger partial charge in [0.15, 0.2) is 5.72 Å². The van der Waals surface area contributed by atoms with Crippen molar-refractivity contribution in [1.82, 2.24) is 5.06 Å². The highest BCUT2D eigenvalue weighted by Gasteiger charge is 2.52. The van der Waals surface area contributed by atoms with Crippen molar-refractivity contribution >= 4 is 11.9 Å². The summed E-state index contributed by atoms with van der Waals surface area (Å²) in [6.45, 7) is 7.96. The SMILES string of the molecule is CC1CCN(OC(=O)CCC(=O)O)C(C)(O)C1(C)C. The maximum absolute atomic E-state index is 11.6. The molecule has 0 spiro atoms. The van der Waals surface area contributed by atoms with Gasteiger partial charge < -0.3 is 15.1 Å². The van der Waals surface area contributed by atoms with E-state index in [9.17, 15) is 14.7 Å². The fourth-order valence-electron chi connectivity index (χ4n) is 2.19. The molecule has 2 atom stereocenters. The third kappa shape index (κ3) is 3.25. The fraction of sp³-hybridized carbons (Fsp3) is 0.846. The van der Waals surface area contributed by atoms with E-state index in [1.807, 2.05) is 13.8 Å². The van der Waals surface area contributed by atoms with Crippen LogP contribution in [0.25, 0.3) is 0 Å². The van der Waals surface area contributed by atoms with E-state index in [0.717, 1.165) is 6.42 Å². The van der Waals surface area contributed by atoms with Gasteiger partial charge in [0.25, 0.3) is 0 Å². The number of hydrogen-bond donors (Lipinski definition) is 2. The third-order valence-corrected chi connectivity index (χ3v) is 4.46. The van der Waals surface area contributed by atoms with Crippen LogP contribution in [0.1, 0.15) is 47.0 Å². The van der Waals surface area contributed by atoms with Gasteiger partial charge >= 0.3 is 11.9 Å². The third-order valence-electron chi connectivity index (χ3n) is 4.46. The molecule has 0 amide bonds. The number of nitrogens with zero attached hydrogens (tertiary/aromatic N) is 1. The highest BCUT2D eigenvalue weighted by molar-refractivity contribution is 5.76. The number of carboxylic acids is 1. The Morgan fingerprint density at radius 1 is 1.32 bits per heavy atom. The highest BCUT2D eigenvalue weighted by Crippen LogP contribution is 2.45. The summed E-state index contributed by atoms with van der Waals surface area (Å²) in [5.74, 6) is -1.39. The largest absolute Gasteiger partial charge is 0.481 e. The Hall–Kier alpha value is -1.14. The molecule has 19 heavy (non-hydrogen) atoms. The van der Waals surface area contributed by atoms with E-state index in [4.69, 9.17) is 9.94 Å². The second kappa shape index (κ2) is 5.46. The first kappa shape index (κ1) is 15.9. The summed E-state index contributed by atoms with van der Waals surface area (Å²) in [4.78, 5) is 27.1. The van der Waals surface area contributed by atoms with E-state index in [1.165, 1.54) is 5.06 Å². The molecule has 0 bridgehead atoms. The van der Waals surface area contributed by atoms with E-state index in [1.54, 1.807) is 6.92 Å². The molecule has 1 heterocycles. The lowest BCUT2D eigenvalue weighted by molar-refractivity contribution is -0.330. The Balaban J connectivity index is 2.68. The predicted molar refractivity (Wildman–Crippen MR) is 67.9 cm³/mol. The molecule has 6 nitrogen and oxygen atoms in total. The highest BCUT2D eigenvalue weighted by atomic mass is 16.7. The molecule has 0 aromatic heterocycles. The fourth-order valence-corrected chi connectivity index (χ4v) is 2.19. The lowest BCUT2D eigenvalue weighted by Crippen LogP contribution is -2.62. The minimum atomic E-state index is -1.27. The second-order valence-corrected chi connectivity index (χ2v) is 5.89. The average molecular weight is 273 g/mol. The zero-order valence-corrected chi connectivity index (χ0v) is 12.0. The van der Waals surface area contributed by atoms with Crippen LogP contribution in [-0.2, 0) is 14.4 Å². The summed E-state index contributed by atoms with van der Waals surface area (Å²) in [6, 6.07) is 0. The molecule has 1 fully saturated rings. The van der Waals surface area contributed by atoms with Crippen molar-refractivity contribution in [2.45, 2.75) is 52.7 Å². The topological polar surface area (TPSA) is 87.1 Å². The van der Waals surface area contributed by atoms with Gasteiger partial charge in [0.05, 0.1) is 12.8 Å². The van der Waals surface area contributed by atoms with Gasteiger partial charge in [-0.15, -0.1) is 5.06 Å². The van der Waals surface area contributed by atoms with Crippen molar-refractivity contribution in [2.75, 3.05) is 6.54 Å². The van der Waals surface area contributed by atoms with Crippen LogP contribution in [0.3, 0.4) is 0 Å². The number of carboxylic acid groups (broad SMARTS) is 1. The molecular weight excluding hydrogens is 250 g/mol. The van der Waals surface area contributed by atoms with E-state index < -0.39 is 23.1 Å². The minimum Gasteiger partial charge on any atom is -0.481 e. The molecule has 1 aliphatic rings. The zero-order valence-electron chi connectivity index (χ0n) is 12.0. The van der Waals surface area contributed by atoms with Crippen LogP contribution in [0.2, 0.25) is 0 Å². The summed E-state index contributed by atoms with van der Waals surface area (Å²) in [7, 11) is 0. The summed E-state index contributed by atoms with van der Waals surface area (Å²) >= 11 is 0. The maximum Gasteiger partial charge on any atom is 0.325 e. The molecule has 0 radical (unpaired) electrons. The number of aliphatic carboxylic acids is 1. The van der Waals surface area contributed by atoms with Gasteiger partial charge in [0.2, 0.25) is 0 Å². The van der Waals surface area contributed by atoms with Crippen molar-refractivity contribution in [3.05, 3.63) is 0 Å². The zero-order chi connectivity index (χ0) is 14.8. The molecule has 110 valence electrons. The van der Waals surface area contributed by atoms with Crippen LogP contribution in [0.4, 0.5) is 0 Å². The molecule has 1 aliphatic heterocycles. The second-order valence-electron chi connectivity index (χ2n) is 5.89. The molecule has 6 heteroatoms. The van der Waals surface area contributed by atoms with E-state index in [0.29, 0.717) is 6.54 Å². The van der Waals surface area contributed by atoms with Crippen molar-refractivity contribution in [3.8, 4) is 0 Å². The molecule has 1 rings (SSSR count). The molecule has 0 saturated carbocycles. The number of hydroxylamine groups is 2. The summed E-state index contributed by atoms with van der Waals surface area (Å²) < 4.78 is 0. The van der Waals surface area contributed by atoms with E-state index in [2.05, 4.69) is 6.92 Å². The first-order valence-electron chi connectivity index (χ1n) is 6.51. The van der Waals surface area contributed by atoms with Crippen molar-refractivity contribution in [2.24, 2.45) is 11.3 Å². The molecule has 2 N–H and O–H groups in total. The quantitative estimate of drug-likeness (QED) is 0.804. The number of piperidine rings is 1.